The number of ketones is 1. The molecule has 5 heteroatoms. The van der Waals surface area contributed by atoms with E-state index in [2.05, 4.69) is 5.32 Å². The Morgan fingerprint density at radius 3 is 2.39 bits per heavy atom. The fourth-order valence-corrected chi connectivity index (χ4v) is 1.03. The van der Waals surface area contributed by atoms with Gasteiger partial charge in [0.1, 0.15) is 13.2 Å². The van der Waals surface area contributed by atoms with Crippen molar-refractivity contribution in [3.05, 3.63) is 0 Å². The molecule has 1 unspecified atom stereocenters. The molecule has 0 aliphatic carbocycles. The summed E-state index contributed by atoms with van der Waals surface area (Å²) in [4.78, 5) is 22.5. The summed E-state index contributed by atoms with van der Waals surface area (Å²) in [5.74, 6) is -0.279. The predicted molar refractivity (Wildman–Crippen MR) is 69.4 cm³/mol. The topological polar surface area (TPSA) is 64.6 Å². The smallest absolute Gasteiger partial charge is 0.246 e. The van der Waals surface area contributed by atoms with Gasteiger partial charge < -0.3 is 14.8 Å². The minimum absolute atomic E-state index is 0.00269. The summed E-state index contributed by atoms with van der Waals surface area (Å²) in [6.45, 7) is 8.51. The van der Waals surface area contributed by atoms with E-state index in [-0.39, 0.29) is 36.9 Å². The zero-order valence-corrected chi connectivity index (χ0v) is 11.8. The Bertz CT molecular complexity index is 253. The molecule has 1 atom stereocenters. The van der Waals surface area contributed by atoms with Crippen LogP contribution in [0.4, 0.5) is 0 Å². The van der Waals surface area contributed by atoms with E-state index in [0.717, 1.165) is 6.42 Å². The average molecular weight is 259 g/mol. The monoisotopic (exact) mass is 259 g/mol. The first-order valence-electron chi connectivity index (χ1n) is 6.46. The van der Waals surface area contributed by atoms with Crippen LogP contribution in [0.1, 0.15) is 34.1 Å². The number of nitrogens with one attached hydrogen (secondary N) is 1. The van der Waals surface area contributed by atoms with Gasteiger partial charge in [0.05, 0.1) is 12.7 Å². The number of ether oxygens (including phenoxy) is 2. The van der Waals surface area contributed by atoms with E-state index in [1.54, 1.807) is 13.8 Å². The number of hydrogen-bond acceptors (Lipinski definition) is 4. The predicted octanol–water partition coefficient (Wildman–Crippen LogP) is 1.16. The molecule has 0 radical (unpaired) electrons. The molecule has 0 saturated heterocycles. The summed E-state index contributed by atoms with van der Waals surface area (Å²) >= 11 is 0. The fraction of sp³-hybridized carbons (Fsp3) is 0.846. The summed E-state index contributed by atoms with van der Waals surface area (Å²) < 4.78 is 10.4. The van der Waals surface area contributed by atoms with Crippen molar-refractivity contribution in [1.29, 1.82) is 0 Å². The third-order valence-electron chi connectivity index (χ3n) is 2.52. The van der Waals surface area contributed by atoms with Gasteiger partial charge in [-0.3, -0.25) is 9.59 Å². The second-order valence-corrected chi connectivity index (χ2v) is 4.55. The van der Waals surface area contributed by atoms with Gasteiger partial charge >= 0.3 is 0 Å². The zero-order valence-electron chi connectivity index (χ0n) is 11.8. The van der Waals surface area contributed by atoms with Crippen LogP contribution in [0.5, 0.6) is 0 Å². The molecular weight excluding hydrogens is 234 g/mol. The zero-order chi connectivity index (χ0) is 14.0. The number of Topliss-reactive ketones (excluding diaryl/α,β-unsaturated/α-hetero) is 1. The molecule has 0 saturated carbocycles. The minimum Gasteiger partial charge on any atom is -0.377 e. The molecule has 18 heavy (non-hydrogen) atoms. The van der Waals surface area contributed by atoms with Gasteiger partial charge in [0.15, 0.2) is 5.78 Å². The van der Waals surface area contributed by atoms with E-state index in [9.17, 15) is 9.59 Å². The van der Waals surface area contributed by atoms with Gasteiger partial charge in [-0.1, -0.05) is 20.8 Å². The number of carbonyl (C=O) groups excluding carboxylic acids is 2. The van der Waals surface area contributed by atoms with Crippen molar-refractivity contribution in [3.8, 4) is 0 Å². The van der Waals surface area contributed by atoms with Crippen LogP contribution >= 0.6 is 0 Å². The Morgan fingerprint density at radius 2 is 1.83 bits per heavy atom. The Kier molecular flexibility index (Phi) is 9.50. The molecule has 1 amide bonds. The molecule has 0 bridgehead atoms. The number of rotatable bonds is 10. The maximum absolute atomic E-state index is 11.3. The van der Waals surface area contributed by atoms with Crippen LogP contribution in [0.3, 0.4) is 0 Å². The van der Waals surface area contributed by atoms with Crippen LogP contribution in [-0.2, 0) is 19.1 Å². The van der Waals surface area contributed by atoms with Crippen molar-refractivity contribution in [1.82, 2.24) is 5.32 Å². The molecule has 0 fully saturated rings. The summed E-state index contributed by atoms with van der Waals surface area (Å²) in [6, 6.07) is 0. The van der Waals surface area contributed by atoms with Crippen LogP contribution in [0.25, 0.3) is 0 Å². The highest BCUT2D eigenvalue weighted by Crippen LogP contribution is 1.95. The first-order valence-corrected chi connectivity index (χ1v) is 6.46. The molecular formula is C13H25NO4. The Morgan fingerprint density at radius 1 is 1.17 bits per heavy atom. The fourth-order valence-electron chi connectivity index (χ4n) is 1.03. The number of amides is 1. The summed E-state index contributed by atoms with van der Waals surface area (Å²) in [7, 11) is 0. The maximum Gasteiger partial charge on any atom is 0.246 e. The highest BCUT2D eigenvalue weighted by Gasteiger charge is 2.08. The molecule has 0 spiro atoms. The van der Waals surface area contributed by atoms with Gasteiger partial charge in [-0.15, -0.1) is 0 Å². The third kappa shape index (κ3) is 9.13. The van der Waals surface area contributed by atoms with Crippen LogP contribution in [0.2, 0.25) is 0 Å². The lowest BCUT2D eigenvalue weighted by atomic mass is 10.1. The van der Waals surface area contributed by atoms with Crippen molar-refractivity contribution in [2.45, 2.75) is 40.2 Å². The highest BCUT2D eigenvalue weighted by molar-refractivity contribution is 5.82. The molecule has 106 valence electrons. The van der Waals surface area contributed by atoms with Crippen molar-refractivity contribution >= 4 is 11.7 Å². The van der Waals surface area contributed by atoms with E-state index in [4.69, 9.17) is 9.47 Å². The maximum atomic E-state index is 11.3. The SMILES string of the molecule is CCC(C)OCCNC(=O)COCC(=O)C(C)C. The van der Waals surface area contributed by atoms with E-state index in [1.165, 1.54) is 0 Å². The number of hydrogen-bond donors (Lipinski definition) is 1. The second-order valence-electron chi connectivity index (χ2n) is 4.55. The Labute approximate surface area is 109 Å². The lowest BCUT2D eigenvalue weighted by Crippen LogP contribution is -2.32. The van der Waals surface area contributed by atoms with Crippen molar-refractivity contribution in [2.75, 3.05) is 26.4 Å². The van der Waals surface area contributed by atoms with Gasteiger partial charge in [0, 0.05) is 12.5 Å². The average Bonchev–Trinajstić information content (AvgIpc) is 2.33. The molecule has 0 aliphatic rings. The van der Waals surface area contributed by atoms with E-state index in [0.29, 0.717) is 13.2 Å². The summed E-state index contributed by atoms with van der Waals surface area (Å²) in [6.07, 6.45) is 1.16. The van der Waals surface area contributed by atoms with Crippen LogP contribution < -0.4 is 5.32 Å². The first kappa shape index (κ1) is 17.1. The van der Waals surface area contributed by atoms with Gasteiger partial charge in [0.25, 0.3) is 0 Å². The van der Waals surface area contributed by atoms with E-state index in [1.807, 2.05) is 13.8 Å². The largest absolute Gasteiger partial charge is 0.377 e. The van der Waals surface area contributed by atoms with Crippen LogP contribution in [0, 0.1) is 5.92 Å². The molecule has 0 aromatic rings. The Balaban J connectivity index is 3.46. The lowest BCUT2D eigenvalue weighted by molar-refractivity contribution is -0.131. The van der Waals surface area contributed by atoms with Crippen LogP contribution in [-0.4, -0.2) is 44.2 Å². The van der Waals surface area contributed by atoms with Crippen molar-refractivity contribution in [2.24, 2.45) is 5.92 Å². The van der Waals surface area contributed by atoms with Crippen molar-refractivity contribution < 1.29 is 19.1 Å². The standard InChI is InChI=1S/C13H25NO4/c1-5-11(4)18-7-6-14-13(16)9-17-8-12(15)10(2)3/h10-11H,5-9H2,1-4H3,(H,14,16). The summed E-state index contributed by atoms with van der Waals surface area (Å²) in [5.41, 5.74) is 0. The van der Waals surface area contributed by atoms with Gasteiger partial charge in [-0.25, -0.2) is 0 Å². The first-order chi connectivity index (χ1) is 8.47. The summed E-state index contributed by atoms with van der Waals surface area (Å²) in [5, 5.41) is 2.66. The molecule has 0 aliphatic heterocycles. The second kappa shape index (κ2) is 10.0. The van der Waals surface area contributed by atoms with Crippen molar-refractivity contribution in [3.63, 3.8) is 0 Å². The lowest BCUT2D eigenvalue weighted by Gasteiger charge is -2.11. The normalized spacial score (nSPS) is 12.5. The highest BCUT2D eigenvalue weighted by atomic mass is 16.5. The molecule has 0 heterocycles. The van der Waals surface area contributed by atoms with Gasteiger partial charge in [-0.2, -0.15) is 0 Å². The van der Waals surface area contributed by atoms with Gasteiger partial charge in [-0.05, 0) is 13.3 Å². The molecule has 0 aromatic carbocycles. The third-order valence-corrected chi connectivity index (χ3v) is 2.52. The number of carbonyl (C=O) groups is 2. The van der Waals surface area contributed by atoms with E-state index < -0.39 is 0 Å². The van der Waals surface area contributed by atoms with Crippen LogP contribution in [0.15, 0.2) is 0 Å². The minimum atomic E-state index is -0.223. The quantitative estimate of drug-likeness (QED) is 0.598. The van der Waals surface area contributed by atoms with Gasteiger partial charge in [0.2, 0.25) is 5.91 Å². The van der Waals surface area contributed by atoms with E-state index >= 15 is 0 Å². The molecule has 1 N–H and O–H groups in total. The molecule has 5 nitrogen and oxygen atoms in total. The Hall–Kier alpha value is -0.940. The molecule has 0 rings (SSSR count). The molecule has 0 aromatic heterocycles.